The summed E-state index contributed by atoms with van der Waals surface area (Å²) in [5.41, 5.74) is 1.62. The third-order valence-electron chi connectivity index (χ3n) is 3.00. The van der Waals surface area contributed by atoms with Crippen molar-refractivity contribution in [3.8, 4) is 5.75 Å². The number of hydrogen-bond donors (Lipinski definition) is 0. The fourth-order valence-electron chi connectivity index (χ4n) is 1.78. The van der Waals surface area contributed by atoms with E-state index in [-0.39, 0.29) is 0 Å². The standard InChI is InChI=1S/C12H17NO/c1-12(2,3)10-6-9-4-5-13-7-11(9)14-8-10/h4-5,7,10H,6,8H2,1-3H3. The monoisotopic (exact) mass is 191 g/mol. The van der Waals surface area contributed by atoms with Gasteiger partial charge in [0.05, 0.1) is 12.8 Å². The Morgan fingerprint density at radius 2 is 2.21 bits per heavy atom. The molecule has 0 saturated carbocycles. The molecule has 2 rings (SSSR count). The highest BCUT2D eigenvalue weighted by Gasteiger charge is 2.29. The highest BCUT2D eigenvalue weighted by Crippen LogP contribution is 2.35. The van der Waals surface area contributed by atoms with Gasteiger partial charge in [-0.2, -0.15) is 0 Å². The van der Waals surface area contributed by atoms with Crippen molar-refractivity contribution in [3.63, 3.8) is 0 Å². The van der Waals surface area contributed by atoms with Crippen molar-refractivity contribution in [2.75, 3.05) is 6.61 Å². The van der Waals surface area contributed by atoms with Crippen molar-refractivity contribution in [2.45, 2.75) is 27.2 Å². The Morgan fingerprint density at radius 3 is 2.93 bits per heavy atom. The van der Waals surface area contributed by atoms with E-state index in [4.69, 9.17) is 4.74 Å². The van der Waals surface area contributed by atoms with E-state index in [2.05, 4.69) is 31.8 Å². The summed E-state index contributed by atoms with van der Waals surface area (Å²) in [6.45, 7) is 7.63. The average molecular weight is 191 g/mol. The molecule has 1 unspecified atom stereocenters. The summed E-state index contributed by atoms with van der Waals surface area (Å²) in [7, 11) is 0. The summed E-state index contributed by atoms with van der Waals surface area (Å²) in [4.78, 5) is 4.06. The van der Waals surface area contributed by atoms with E-state index >= 15 is 0 Å². The molecule has 0 N–H and O–H groups in total. The van der Waals surface area contributed by atoms with E-state index in [1.165, 1.54) is 5.56 Å². The summed E-state index contributed by atoms with van der Waals surface area (Å²) in [6.07, 6.45) is 4.77. The normalized spacial score (nSPS) is 21.2. The zero-order valence-corrected chi connectivity index (χ0v) is 9.08. The second kappa shape index (κ2) is 3.26. The van der Waals surface area contributed by atoms with Crippen molar-refractivity contribution >= 4 is 0 Å². The molecule has 1 aromatic heterocycles. The molecule has 0 bridgehead atoms. The lowest BCUT2D eigenvalue weighted by Crippen LogP contribution is -2.31. The molecule has 14 heavy (non-hydrogen) atoms. The molecule has 1 aliphatic heterocycles. The average Bonchev–Trinajstić information content (AvgIpc) is 2.16. The predicted octanol–water partition coefficient (Wildman–Crippen LogP) is 2.68. The van der Waals surface area contributed by atoms with Crippen LogP contribution >= 0.6 is 0 Å². The van der Waals surface area contributed by atoms with E-state index in [1.54, 1.807) is 0 Å². The molecular formula is C12H17NO. The lowest BCUT2D eigenvalue weighted by Gasteiger charge is -2.34. The number of rotatable bonds is 0. The van der Waals surface area contributed by atoms with Gasteiger partial charge in [-0.05, 0) is 23.5 Å². The number of pyridine rings is 1. The predicted molar refractivity (Wildman–Crippen MR) is 56.4 cm³/mol. The minimum atomic E-state index is 0.320. The van der Waals surface area contributed by atoms with Crippen LogP contribution in [0.5, 0.6) is 5.75 Å². The van der Waals surface area contributed by atoms with Crippen LogP contribution in [0, 0.1) is 11.3 Å². The molecule has 1 aliphatic rings. The highest BCUT2D eigenvalue weighted by molar-refractivity contribution is 5.32. The van der Waals surface area contributed by atoms with Crippen molar-refractivity contribution in [2.24, 2.45) is 11.3 Å². The Kier molecular flexibility index (Phi) is 2.22. The number of nitrogens with zero attached hydrogens (tertiary/aromatic N) is 1. The molecule has 0 saturated heterocycles. The van der Waals surface area contributed by atoms with Crippen LogP contribution in [0.25, 0.3) is 0 Å². The van der Waals surface area contributed by atoms with E-state index in [0.29, 0.717) is 11.3 Å². The van der Waals surface area contributed by atoms with Crippen molar-refractivity contribution < 1.29 is 4.74 Å². The second-order valence-corrected chi connectivity index (χ2v) is 5.06. The van der Waals surface area contributed by atoms with Crippen LogP contribution in [0.15, 0.2) is 18.5 Å². The van der Waals surface area contributed by atoms with Gasteiger partial charge in [-0.3, -0.25) is 4.98 Å². The molecular weight excluding hydrogens is 174 g/mol. The molecule has 0 aliphatic carbocycles. The lowest BCUT2D eigenvalue weighted by atomic mass is 9.77. The van der Waals surface area contributed by atoms with Gasteiger partial charge in [0.15, 0.2) is 0 Å². The van der Waals surface area contributed by atoms with Gasteiger partial charge in [0.25, 0.3) is 0 Å². The van der Waals surface area contributed by atoms with Gasteiger partial charge < -0.3 is 4.74 Å². The maximum absolute atomic E-state index is 5.70. The zero-order chi connectivity index (χ0) is 10.2. The Labute approximate surface area is 85.3 Å². The van der Waals surface area contributed by atoms with Crippen LogP contribution in [0.3, 0.4) is 0 Å². The number of hydrogen-bond acceptors (Lipinski definition) is 2. The first kappa shape index (κ1) is 9.50. The van der Waals surface area contributed by atoms with Crippen LogP contribution in [-0.4, -0.2) is 11.6 Å². The zero-order valence-electron chi connectivity index (χ0n) is 9.08. The molecule has 1 aromatic rings. The molecule has 2 heteroatoms. The molecule has 0 radical (unpaired) electrons. The van der Waals surface area contributed by atoms with E-state index in [1.807, 2.05) is 12.4 Å². The van der Waals surface area contributed by atoms with Crippen LogP contribution < -0.4 is 4.74 Å². The van der Waals surface area contributed by atoms with E-state index in [0.717, 1.165) is 18.8 Å². The number of aromatic nitrogens is 1. The molecule has 0 amide bonds. The first-order valence-corrected chi connectivity index (χ1v) is 5.13. The Balaban J connectivity index is 2.22. The Bertz CT molecular complexity index is 327. The van der Waals surface area contributed by atoms with Crippen molar-refractivity contribution in [1.29, 1.82) is 0 Å². The van der Waals surface area contributed by atoms with Gasteiger partial charge in [-0.25, -0.2) is 0 Å². The summed E-state index contributed by atoms with van der Waals surface area (Å²) in [6, 6.07) is 2.06. The number of fused-ring (bicyclic) bond motifs is 1. The van der Waals surface area contributed by atoms with Crippen LogP contribution in [0.2, 0.25) is 0 Å². The Hall–Kier alpha value is -1.05. The first-order valence-electron chi connectivity index (χ1n) is 5.13. The first-order chi connectivity index (χ1) is 6.57. The maximum atomic E-state index is 5.70. The van der Waals surface area contributed by atoms with E-state index in [9.17, 15) is 0 Å². The summed E-state index contributed by atoms with van der Waals surface area (Å²) < 4.78 is 5.70. The fourth-order valence-corrected chi connectivity index (χ4v) is 1.78. The van der Waals surface area contributed by atoms with Gasteiger partial charge in [0.1, 0.15) is 5.75 Å². The van der Waals surface area contributed by atoms with Gasteiger partial charge in [0.2, 0.25) is 0 Å². The summed E-state index contributed by atoms with van der Waals surface area (Å²) >= 11 is 0. The third-order valence-corrected chi connectivity index (χ3v) is 3.00. The largest absolute Gasteiger partial charge is 0.491 e. The molecule has 0 fully saturated rings. The summed E-state index contributed by atoms with van der Waals surface area (Å²) in [5, 5.41) is 0. The van der Waals surface area contributed by atoms with Gasteiger partial charge in [-0.1, -0.05) is 20.8 Å². The van der Waals surface area contributed by atoms with Crippen LogP contribution in [0.4, 0.5) is 0 Å². The molecule has 76 valence electrons. The minimum absolute atomic E-state index is 0.320. The van der Waals surface area contributed by atoms with Crippen LogP contribution in [0.1, 0.15) is 26.3 Å². The summed E-state index contributed by atoms with van der Waals surface area (Å²) in [5.74, 6) is 1.57. The highest BCUT2D eigenvalue weighted by atomic mass is 16.5. The van der Waals surface area contributed by atoms with E-state index < -0.39 is 0 Å². The maximum Gasteiger partial charge on any atom is 0.140 e. The fraction of sp³-hybridized carbons (Fsp3) is 0.583. The lowest BCUT2D eigenvalue weighted by molar-refractivity contribution is 0.126. The smallest absolute Gasteiger partial charge is 0.140 e. The van der Waals surface area contributed by atoms with Gasteiger partial charge in [-0.15, -0.1) is 0 Å². The topological polar surface area (TPSA) is 22.1 Å². The van der Waals surface area contributed by atoms with Gasteiger partial charge >= 0.3 is 0 Å². The van der Waals surface area contributed by atoms with Crippen LogP contribution in [-0.2, 0) is 6.42 Å². The molecule has 2 nitrogen and oxygen atoms in total. The van der Waals surface area contributed by atoms with Crippen molar-refractivity contribution in [1.82, 2.24) is 4.98 Å². The number of ether oxygens (including phenoxy) is 1. The third kappa shape index (κ3) is 1.74. The van der Waals surface area contributed by atoms with Gasteiger partial charge in [0, 0.05) is 12.1 Å². The Morgan fingerprint density at radius 1 is 1.43 bits per heavy atom. The molecule has 0 spiro atoms. The second-order valence-electron chi connectivity index (χ2n) is 5.06. The SMILES string of the molecule is CC(C)(C)C1COc2cnccc2C1. The van der Waals surface area contributed by atoms with Crippen molar-refractivity contribution in [3.05, 3.63) is 24.0 Å². The molecule has 0 aromatic carbocycles. The molecule has 2 heterocycles. The quantitative estimate of drug-likeness (QED) is 0.629. The molecule has 1 atom stereocenters. The minimum Gasteiger partial charge on any atom is -0.491 e.